The standard InChI is InChI=1S/C12H8Cl2F2N2/c13-6-3-7(14)5-8(4-6)18-12-10(17)2-1-9(15)11(12)16/h1-5,18H,17H2. The number of halogens is 4. The van der Waals surface area contributed by atoms with E-state index in [1.807, 2.05) is 0 Å². The van der Waals surface area contributed by atoms with E-state index in [0.29, 0.717) is 15.7 Å². The van der Waals surface area contributed by atoms with Crippen molar-refractivity contribution in [2.24, 2.45) is 0 Å². The van der Waals surface area contributed by atoms with Gasteiger partial charge in [0, 0.05) is 15.7 Å². The average Bonchev–Trinajstić information content (AvgIpc) is 2.28. The number of anilines is 3. The van der Waals surface area contributed by atoms with Gasteiger partial charge in [0.15, 0.2) is 11.6 Å². The van der Waals surface area contributed by atoms with E-state index in [1.165, 1.54) is 24.3 Å². The minimum Gasteiger partial charge on any atom is -0.397 e. The van der Waals surface area contributed by atoms with Crippen molar-refractivity contribution in [2.75, 3.05) is 11.1 Å². The Labute approximate surface area is 112 Å². The zero-order valence-electron chi connectivity index (χ0n) is 8.98. The molecule has 94 valence electrons. The highest BCUT2D eigenvalue weighted by atomic mass is 35.5. The van der Waals surface area contributed by atoms with Gasteiger partial charge in [0.25, 0.3) is 0 Å². The quantitative estimate of drug-likeness (QED) is 0.793. The SMILES string of the molecule is Nc1ccc(F)c(F)c1Nc1cc(Cl)cc(Cl)c1. The van der Waals surface area contributed by atoms with E-state index in [9.17, 15) is 8.78 Å². The summed E-state index contributed by atoms with van der Waals surface area (Å²) in [7, 11) is 0. The molecular formula is C12H8Cl2F2N2. The molecule has 0 aliphatic carbocycles. The van der Waals surface area contributed by atoms with Crippen LogP contribution in [0.2, 0.25) is 10.0 Å². The topological polar surface area (TPSA) is 38.0 Å². The molecule has 0 bridgehead atoms. The van der Waals surface area contributed by atoms with Crippen LogP contribution in [0.5, 0.6) is 0 Å². The van der Waals surface area contributed by atoms with Crippen LogP contribution in [0.3, 0.4) is 0 Å². The van der Waals surface area contributed by atoms with E-state index >= 15 is 0 Å². The van der Waals surface area contributed by atoms with Gasteiger partial charge < -0.3 is 11.1 Å². The molecular weight excluding hydrogens is 281 g/mol. The molecule has 0 saturated heterocycles. The molecule has 0 radical (unpaired) electrons. The predicted octanol–water partition coefficient (Wildman–Crippen LogP) is 4.60. The minimum absolute atomic E-state index is 0.0880. The highest BCUT2D eigenvalue weighted by Crippen LogP contribution is 2.30. The summed E-state index contributed by atoms with van der Waals surface area (Å²) in [6, 6.07) is 6.81. The Kier molecular flexibility index (Phi) is 3.59. The molecule has 2 rings (SSSR count). The van der Waals surface area contributed by atoms with Gasteiger partial charge in [-0.3, -0.25) is 0 Å². The second-order valence-corrected chi connectivity index (χ2v) is 4.48. The molecule has 0 unspecified atom stereocenters. The lowest BCUT2D eigenvalue weighted by Crippen LogP contribution is -2.01. The predicted molar refractivity (Wildman–Crippen MR) is 70.5 cm³/mol. The van der Waals surface area contributed by atoms with Gasteiger partial charge in [-0.2, -0.15) is 0 Å². The first-order valence-corrected chi connectivity index (χ1v) is 5.69. The van der Waals surface area contributed by atoms with Gasteiger partial charge in [-0.1, -0.05) is 23.2 Å². The van der Waals surface area contributed by atoms with Crippen LogP contribution < -0.4 is 11.1 Å². The molecule has 18 heavy (non-hydrogen) atoms. The van der Waals surface area contributed by atoms with Crippen LogP contribution in [0.4, 0.5) is 25.8 Å². The Hall–Kier alpha value is -1.52. The number of benzene rings is 2. The molecule has 0 fully saturated rings. The lowest BCUT2D eigenvalue weighted by atomic mass is 10.2. The molecule has 0 heterocycles. The molecule has 0 spiro atoms. The van der Waals surface area contributed by atoms with Gasteiger partial charge in [0.05, 0.1) is 5.69 Å². The van der Waals surface area contributed by atoms with Crippen molar-refractivity contribution in [1.82, 2.24) is 0 Å². The Balaban J connectivity index is 2.42. The summed E-state index contributed by atoms with van der Waals surface area (Å²) >= 11 is 11.6. The van der Waals surface area contributed by atoms with E-state index < -0.39 is 11.6 Å². The number of nitrogens with one attached hydrogen (secondary N) is 1. The summed E-state index contributed by atoms with van der Waals surface area (Å²) in [5.74, 6) is -2.04. The third-order valence-electron chi connectivity index (χ3n) is 2.26. The van der Waals surface area contributed by atoms with Crippen LogP contribution in [-0.4, -0.2) is 0 Å². The second kappa shape index (κ2) is 5.00. The largest absolute Gasteiger partial charge is 0.397 e. The van der Waals surface area contributed by atoms with Crippen LogP contribution in [0.1, 0.15) is 0 Å². The molecule has 3 N–H and O–H groups in total. The molecule has 0 amide bonds. The highest BCUT2D eigenvalue weighted by Gasteiger charge is 2.12. The summed E-state index contributed by atoms with van der Waals surface area (Å²) in [5, 5.41) is 3.40. The fourth-order valence-corrected chi connectivity index (χ4v) is 1.99. The van der Waals surface area contributed by atoms with Crippen LogP contribution in [0.25, 0.3) is 0 Å². The van der Waals surface area contributed by atoms with E-state index in [1.54, 1.807) is 0 Å². The molecule has 0 aliphatic rings. The van der Waals surface area contributed by atoms with Crippen LogP contribution >= 0.6 is 23.2 Å². The summed E-state index contributed by atoms with van der Waals surface area (Å²) in [6.45, 7) is 0. The maximum atomic E-state index is 13.6. The van der Waals surface area contributed by atoms with Crippen molar-refractivity contribution >= 4 is 40.3 Å². The monoisotopic (exact) mass is 288 g/mol. The molecule has 0 aliphatic heterocycles. The van der Waals surface area contributed by atoms with Crippen LogP contribution in [-0.2, 0) is 0 Å². The Morgan fingerprint density at radius 2 is 1.61 bits per heavy atom. The molecule has 0 aromatic heterocycles. The highest BCUT2D eigenvalue weighted by molar-refractivity contribution is 6.35. The minimum atomic E-state index is -1.05. The third-order valence-corrected chi connectivity index (χ3v) is 2.70. The molecule has 0 atom stereocenters. The Bertz CT molecular complexity index is 583. The van der Waals surface area contributed by atoms with Gasteiger partial charge in [-0.25, -0.2) is 8.78 Å². The first-order chi connectivity index (χ1) is 8.47. The van der Waals surface area contributed by atoms with E-state index in [-0.39, 0.29) is 11.4 Å². The number of nitrogen functional groups attached to an aromatic ring is 1. The Morgan fingerprint density at radius 1 is 1.00 bits per heavy atom. The van der Waals surface area contributed by atoms with Gasteiger partial charge in [0.2, 0.25) is 0 Å². The van der Waals surface area contributed by atoms with E-state index in [2.05, 4.69) is 5.32 Å². The zero-order chi connectivity index (χ0) is 13.3. The maximum absolute atomic E-state index is 13.6. The Morgan fingerprint density at radius 3 is 2.22 bits per heavy atom. The number of hydrogen-bond donors (Lipinski definition) is 2. The molecule has 2 aromatic carbocycles. The van der Waals surface area contributed by atoms with E-state index in [0.717, 1.165) is 6.07 Å². The third kappa shape index (κ3) is 2.66. The molecule has 6 heteroatoms. The molecule has 2 aromatic rings. The van der Waals surface area contributed by atoms with Gasteiger partial charge >= 0.3 is 0 Å². The summed E-state index contributed by atoms with van der Waals surface area (Å²) in [5.41, 5.74) is 5.94. The molecule has 2 nitrogen and oxygen atoms in total. The summed E-state index contributed by atoms with van der Waals surface area (Å²) in [4.78, 5) is 0. The normalized spacial score (nSPS) is 10.4. The maximum Gasteiger partial charge on any atom is 0.184 e. The number of hydrogen-bond acceptors (Lipinski definition) is 2. The van der Waals surface area contributed by atoms with Crippen molar-refractivity contribution in [3.05, 3.63) is 52.0 Å². The van der Waals surface area contributed by atoms with Gasteiger partial charge in [0.1, 0.15) is 5.69 Å². The van der Waals surface area contributed by atoms with Crippen molar-refractivity contribution in [2.45, 2.75) is 0 Å². The van der Waals surface area contributed by atoms with Crippen molar-refractivity contribution in [3.63, 3.8) is 0 Å². The second-order valence-electron chi connectivity index (χ2n) is 3.61. The van der Waals surface area contributed by atoms with Gasteiger partial charge in [-0.05, 0) is 30.3 Å². The van der Waals surface area contributed by atoms with Crippen molar-refractivity contribution in [1.29, 1.82) is 0 Å². The zero-order valence-corrected chi connectivity index (χ0v) is 10.5. The summed E-state index contributed by atoms with van der Waals surface area (Å²) < 4.78 is 26.7. The molecule has 0 saturated carbocycles. The van der Waals surface area contributed by atoms with Gasteiger partial charge in [-0.15, -0.1) is 0 Å². The van der Waals surface area contributed by atoms with E-state index in [4.69, 9.17) is 28.9 Å². The van der Waals surface area contributed by atoms with Crippen molar-refractivity contribution < 1.29 is 8.78 Å². The van der Waals surface area contributed by atoms with Crippen LogP contribution in [0, 0.1) is 11.6 Å². The smallest absolute Gasteiger partial charge is 0.184 e. The first kappa shape index (κ1) is 12.9. The fraction of sp³-hybridized carbons (Fsp3) is 0. The van der Waals surface area contributed by atoms with Crippen LogP contribution in [0.15, 0.2) is 30.3 Å². The number of nitrogens with two attached hydrogens (primary N) is 1. The first-order valence-electron chi connectivity index (χ1n) is 4.94. The number of rotatable bonds is 2. The lowest BCUT2D eigenvalue weighted by molar-refractivity contribution is 0.512. The van der Waals surface area contributed by atoms with Crippen molar-refractivity contribution in [3.8, 4) is 0 Å². The summed E-state index contributed by atoms with van der Waals surface area (Å²) in [6.07, 6.45) is 0. The fourth-order valence-electron chi connectivity index (χ4n) is 1.46. The average molecular weight is 289 g/mol. The lowest BCUT2D eigenvalue weighted by Gasteiger charge is -2.11.